The number of aromatic nitrogens is 2. The van der Waals surface area contributed by atoms with Crippen molar-refractivity contribution < 1.29 is 13.9 Å². The number of hydrogen-bond donors (Lipinski definition) is 0. The normalized spacial score (nSPS) is 33.7. The van der Waals surface area contributed by atoms with Crippen molar-refractivity contribution in [1.82, 2.24) is 9.55 Å². The van der Waals surface area contributed by atoms with Gasteiger partial charge in [-0.15, -0.1) is 11.6 Å². The Morgan fingerprint density at radius 3 is 3.22 bits per heavy atom. The van der Waals surface area contributed by atoms with Crippen molar-refractivity contribution in [2.45, 2.75) is 25.2 Å². The summed E-state index contributed by atoms with van der Waals surface area (Å²) in [6, 6.07) is 0.0882. The molecule has 0 aliphatic carbocycles. The summed E-state index contributed by atoms with van der Waals surface area (Å²) in [5.74, 6) is -0.439. The van der Waals surface area contributed by atoms with Crippen LogP contribution in [-0.2, 0) is 4.74 Å². The molecule has 98 valence electrons. The van der Waals surface area contributed by atoms with Crippen LogP contribution in [0.5, 0.6) is 6.01 Å². The lowest BCUT2D eigenvalue weighted by molar-refractivity contribution is -0.0724. The van der Waals surface area contributed by atoms with Gasteiger partial charge in [0.05, 0.1) is 12.1 Å². The van der Waals surface area contributed by atoms with Crippen molar-refractivity contribution in [2.24, 2.45) is 5.92 Å². The Kier molecular flexibility index (Phi) is 2.60. The zero-order valence-corrected chi connectivity index (χ0v) is 10.5. The Balaban J connectivity index is 2.09. The van der Waals surface area contributed by atoms with Crippen LogP contribution in [0.1, 0.15) is 19.6 Å². The van der Waals surface area contributed by atoms with E-state index in [2.05, 4.69) is 4.98 Å². The number of fused-ring (bicyclic) bond motifs is 4. The van der Waals surface area contributed by atoms with Crippen LogP contribution in [0.3, 0.4) is 0 Å². The monoisotopic (exact) mass is 274 g/mol. The molecule has 1 aromatic heterocycles. The molecule has 0 N–H and O–H groups in total. The van der Waals surface area contributed by atoms with E-state index in [0.717, 1.165) is 6.20 Å². The fourth-order valence-corrected chi connectivity index (χ4v) is 2.83. The highest BCUT2D eigenvalue weighted by atomic mass is 35.5. The molecule has 2 aliphatic rings. The number of ether oxygens (including phenoxy) is 2. The summed E-state index contributed by atoms with van der Waals surface area (Å²) in [4.78, 5) is 14.7. The maximum atomic E-state index is 13.3. The van der Waals surface area contributed by atoms with Crippen LogP contribution in [-0.4, -0.2) is 27.6 Å². The molecule has 0 saturated carbocycles. The van der Waals surface area contributed by atoms with Crippen LogP contribution in [0.2, 0.25) is 0 Å². The van der Waals surface area contributed by atoms with Gasteiger partial charge in [-0.3, -0.25) is 9.36 Å². The average molecular weight is 275 g/mol. The SMILES string of the molecule is C[C@H]1C[C@H]2O[C@]1(CCl)COc1nc(=O)c(F)cn12. The van der Waals surface area contributed by atoms with Gasteiger partial charge in [-0.2, -0.15) is 9.37 Å². The van der Waals surface area contributed by atoms with Crippen LogP contribution in [0, 0.1) is 11.7 Å². The highest BCUT2D eigenvalue weighted by Crippen LogP contribution is 2.45. The van der Waals surface area contributed by atoms with E-state index in [9.17, 15) is 9.18 Å². The van der Waals surface area contributed by atoms with Crippen molar-refractivity contribution in [2.75, 3.05) is 12.5 Å². The van der Waals surface area contributed by atoms with Crippen LogP contribution in [0.25, 0.3) is 0 Å². The van der Waals surface area contributed by atoms with Crippen molar-refractivity contribution in [3.05, 3.63) is 22.4 Å². The van der Waals surface area contributed by atoms with Crippen LogP contribution in [0.15, 0.2) is 11.0 Å². The zero-order valence-electron chi connectivity index (χ0n) is 9.73. The first-order valence-corrected chi connectivity index (χ1v) is 6.24. The van der Waals surface area contributed by atoms with E-state index in [0.29, 0.717) is 6.42 Å². The Hall–Kier alpha value is -1.14. The Labute approximate surface area is 107 Å². The van der Waals surface area contributed by atoms with Gasteiger partial charge in [-0.05, 0) is 12.3 Å². The molecule has 0 radical (unpaired) electrons. The molecule has 1 aromatic rings. The molecule has 3 rings (SSSR count). The molecule has 2 bridgehead atoms. The fourth-order valence-electron chi connectivity index (χ4n) is 2.43. The van der Waals surface area contributed by atoms with Gasteiger partial charge >= 0.3 is 11.6 Å². The standard InChI is InChI=1S/C11H12ClFN2O3/c1-6-2-8-15-3-7(13)9(16)14-10(15)17-5-11(6,4-12)18-8/h3,6,8H,2,4-5H2,1H3/t6-,8+,11+/m0/s1. The van der Waals surface area contributed by atoms with Gasteiger partial charge in [0.15, 0.2) is 0 Å². The van der Waals surface area contributed by atoms with Crippen LogP contribution in [0.4, 0.5) is 4.39 Å². The summed E-state index contributed by atoms with van der Waals surface area (Å²) in [5.41, 5.74) is -1.52. The molecule has 5 nitrogen and oxygen atoms in total. The zero-order chi connectivity index (χ0) is 12.9. The molecular formula is C11H12ClFN2O3. The third-order valence-electron chi connectivity index (χ3n) is 3.68. The smallest absolute Gasteiger partial charge is 0.311 e. The molecule has 0 unspecified atom stereocenters. The topological polar surface area (TPSA) is 53.4 Å². The minimum absolute atomic E-state index is 0.0882. The first-order chi connectivity index (χ1) is 8.55. The van der Waals surface area contributed by atoms with Crippen LogP contribution < -0.4 is 10.3 Å². The lowest BCUT2D eigenvalue weighted by atomic mass is 9.91. The van der Waals surface area contributed by atoms with Crippen LogP contribution >= 0.6 is 11.6 Å². The molecule has 3 heterocycles. The molecule has 2 aliphatic heterocycles. The minimum atomic E-state index is -0.924. The van der Waals surface area contributed by atoms with Gasteiger partial charge < -0.3 is 9.47 Å². The third-order valence-corrected chi connectivity index (χ3v) is 4.13. The van der Waals surface area contributed by atoms with E-state index < -0.39 is 17.0 Å². The van der Waals surface area contributed by atoms with E-state index in [1.54, 1.807) is 0 Å². The summed E-state index contributed by atoms with van der Waals surface area (Å²) in [5, 5.41) is 0. The summed E-state index contributed by atoms with van der Waals surface area (Å²) in [6.45, 7) is 2.23. The number of nitrogens with zero attached hydrogens (tertiary/aromatic N) is 2. The molecule has 0 amide bonds. The first kappa shape index (κ1) is 11.9. The van der Waals surface area contributed by atoms with Gasteiger partial charge in [-0.1, -0.05) is 6.92 Å². The van der Waals surface area contributed by atoms with Crippen molar-refractivity contribution in [3.8, 4) is 6.01 Å². The Morgan fingerprint density at radius 1 is 1.72 bits per heavy atom. The summed E-state index contributed by atoms with van der Waals surface area (Å²) in [7, 11) is 0. The molecule has 3 atom stereocenters. The van der Waals surface area contributed by atoms with Crippen molar-refractivity contribution >= 4 is 11.6 Å². The highest BCUT2D eigenvalue weighted by molar-refractivity contribution is 6.18. The van der Waals surface area contributed by atoms with Gasteiger partial charge in [-0.25, -0.2) is 0 Å². The Morgan fingerprint density at radius 2 is 2.50 bits per heavy atom. The molecule has 0 aromatic carbocycles. The van der Waals surface area contributed by atoms with E-state index >= 15 is 0 Å². The molecule has 18 heavy (non-hydrogen) atoms. The lowest BCUT2D eigenvalue weighted by Crippen LogP contribution is -2.42. The van der Waals surface area contributed by atoms with E-state index in [4.69, 9.17) is 21.1 Å². The molecule has 1 fully saturated rings. The lowest BCUT2D eigenvalue weighted by Gasteiger charge is -2.28. The second-order valence-corrected chi connectivity index (χ2v) is 5.05. The molecule has 0 spiro atoms. The second-order valence-electron chi connectivity index (χ2n) is 4.78. The number of rotatable bonds is 1. The van der Waals surface area contributed by atoms with Gasteiger partial charge in [0.1, 0.15) is 18.4 Å². The summed E-state index contributed by atoms with van der Waals surface area (Å²) >= 11 is 5.97. The number of hydrogen-bond acceptors (Lipinski definition) is 4. The largest absolute Gasteiger partial charge is 0.461 e. The first-order valence-electron chi connectivity index (χ1n) is 5.71. The third kappa shape index (κ3) is 1.55. The quantitative estimate of drug-likeness (QED) is 0.725. The highest BCUT2D eigenvalue weighted by Gasteiger charge is 2.49. The van der Waals surface area contributed by atoms with Crippen molar-refractivity contribution in [3.63, 3.8) is 0 Å². The van der Waals surface area contributed by atoms with Gasteiger partial charge in [0, 0.05) is 0 Å². The molecule has 1 saturated heterocycles. The van der Waals surface area contributed by atoms with E-state index in [1.165, 1.54) is 4.57 Å². The molecular weight excluding hydrogens is 263 g/mol. The van der Waals surface area contributed by atoms with E-state index in [-0.39, 0.29) is 30.6 Å². The number of halogens is 2. The summed E-state index contributed by atoms with van der Waals surface area (Å²) < 4.78 is 26.1. The second kappa shape index (κ2) is 3.93. The molecule has 7 heteroatoms. The Bertz CT molecular complexity index is 550. The van der Waals surface area contributed by atoms with Gasteiger partial charge in [0.25, 0.3) is 0 Å². The maximum Gasteiger partial charge on any atom is 0.311 e. The van der Waals surface area contributed by atoms with Gasteiger partial charge in [0.2, 0.25) is 5.82 Å². The maximum absolute atomic E-state index is 13.3. The summed E-state index contributed by atoms with van der Waals surface area (Å²) in [6.07, 6.45) is 1.38. The fraction of sp³-hybridized carbons (Fsp3) is 0.636. The van der Waals surface area contributed by atoms with E-state index in [1.807, 2.05) is 6.92 Å². The average Bonchev–Trinajstić information content (AvgIpc) is 2.59. The number of alkyl halides is 1. The predicted octanol–water partition coefficient (Wildman–Crippen LogP) is 1.31. The predicted molar refractivity (Wildman–Crippen MR) is 61.3 cm³/mol. The van der Waals surface area contributed by atoms with Crippen molar-refractivity contribution in [1.29, 1.82) is 0 Å². The minimum Gasteiger partial charge on any atom is -0.461 e.